The molecule has 0 aliphatic rings. The van der Waals surface area contributed by atoms with Crippen LogP contribution in [0.2, 0.25) is 0 Å². The number of para-hydroxylation sites is 1. The number of hydrogen-bond acceptors (Lipinski definition) is 5. The van der Waals surface area contributed by atoms with Gasteiger partial charge in [0.05, 0.1) is 23.4 Å². The van der Waals surface area contributed by atoms with Crippen LogP contribution in [0.5, 0.6) is 5.75 Å². The summed E-state index contributed by atoms with van der Waals surface area (Å²) in [5, 5.41) is 11.4. The van der Waals surface area contributed by atoms with E-state index in [0.29, 0.717) is 16.5 Å². The molecule has 3 aromatic carbocycles. The van der Waals surface area contributed by atoms with E-state index in [9.17, 15) is 14.7 Å². The van der Waals surface area contributed by atoms with Crippen LogP contribution in [-0.2, 0) is 4.74 Å². The van der Waals surface area contributed by atoms with Crippen LogP contribution >= 0.6 is 0 Å². The minimum Gasteiger partial charge on any atom is -0.506 e. The maximum absolute atomic E-state index is 13.0. The molecule has 5 nitrogen and oxygen atoms in total. The zero-order chi connectivity index (χ0) is 18.3. The van der Waals surface area contributed by atoms with Gasteiger partial charge in [0.25, 0.3) is 0 Å². The van der Waals surface area contributed by atoms with Crippen molar-refractivity contribution in [2.45, 2.75) is 0 Å². The molecule has 1 heterocycles. The molecule has 26 heavy (non-hydrogen) atoms. The molecule has 0 radical (unpaired) electrons. The van der Waals surface area contributed by atoms with E-state index >= 15 is 0 Å². The zero-order valence-electron chi connectivity index (χ0n) is 13.9. The molecule has 4 rings (SSSR count). The Labute approximate surface area is 148 Å². The number of fused-ring (bicyclic) bond motifs is 2. The van der Waals surface area contributed by atoms with Gasteiger partial charge in [-0.3, -0.25) is 4.79 Å². The fourth-order valence-electron chi connectivity index (χ4n) is 3.07. The van der Waals surface area contributed by atoms with E-state index in [-0.39, 0.29) is 33.3 Å². The molecular formula is C21H14O5. The predicted molar refractivity (Wildman–Crippen MR) is 98.4 cm³/mol. The number of phenolic OH excluding ortho intramolecular Hbond substituents is 1. The van der Waals surface area contributed by atoms with Gasteiger partial charge in [0.1, 0.15) is 22.5 Å². The molecule has 0 aliphatic carbocycles. The predicted octanol–water partition coefficient (Wildman–Crippen LogP) is 4.11. The van der Waals surface area contributed by atoms with Gasteiger partial charge < -0.3 is 14.3 Å². The second-order valence-corrected chi connectivity index (χ2v) is 5.81. The molecule has 0 saturated carbocycles. The Kier molecular flexibility index (Phi) is 3.69. The summed E-state index contributed by atoms with van der Waals surface area (Å²) in [5.41, 5.74) is 1.19. The average Bonchev–Trinajstić information content (AvgIpc) is 2.68. The third-order valence-corrected chi connectivity index (χ3v) is 4.31. The quantitative estimate of drug-likeness (QED) is 0.437. The molecule has 0 saturated heterocycles. The topological polar surface area (TPSA) is 76.7 Å². The Balaban J connectivity index is 2.24. The van der Waals surface area contributed by atoms with E-state index in [1.807, 2.05) is 6.07 Å². The van der Waals surface area contributed by atoms with Crippen molar-refractivity contribution in [3.8, 4) is 16.9 Å². The first-order valence-corrected chi connectivity index (χ1v) is 7.97. The Morgan fingerprint density at radius 1 is 1.00 bits per heavy atom. The van der Waals surface area contributed by atoms with Crippen LogP contribution in [0.4, 0.5) is 0 Å². The highest BCUT2D eigenvalue weighted by molar-refractivity contribution is 6.07. The van der Waals surface area contributed by atoms with Crippen LogP contribution in [0.15, 0.2) is 69.9 Å². The molecule has 0 fully saturated rings. The molecule has 5 heteroatoms. The number of phenols is 1. The van der Waals surface area contributed by atoms with Crippen molar-refractivity contribution >= 4 is 27.9 Å². The highest BCUT2D eigenvalue weighted by Gasteiger charge is 2.23. The summed E-state index contributed by atoms with van der Waals surface area (Å²) in [4.78, 5) is 25.1. The van der Waals surface area contributed by atoms with Gasteiger partial charge in [-0.2, -0.15) is 0 Å². The maximum Gasteiger partial charge on any atom is 0.341 e. The summed E-state index contributed by atoms with van der Waals surface area (Å²) < 4.78 is 10.7. The van der Waals surface area contributed by atoms with E-state index in [0.717, 1.165) is 0 Å². The number of carbonyl (C=O) groups excluding carboxylic acids is 1. The number of hydrogen-bond donors (Lipinski definition) is 1. The van der Waals surface area contributed by atoms with E-state index in [1.165, 1.54) is 13.2 Å². The Bertz CT molecular complexity index is 1210. The second-order valence-electron chi connectivity index (χ2n) is 5.81. The molecule has 0 atom stereocenters. The third kappa shape index (κ3) is 2.33. The fraction of sp³-hybridized carbons (Fsp3) is 0.0476. The summed E-state index contributed by atoms with van der Waals surface area (Å²) in [5.74, 6) is -1.01. The first-order valence-electron chi connectivity index (χ1n) is 7.97. The number of aromatic hydroxyl groups is 1. The summed E-state index contributed by atoms with van der Waals surface area (Å²) in [7, 11) is 1.22. The van der Waals surface area contributed by atoms with Crippen LogP contribution in [0.3, 0.4) is 0 Å². The lowest BCUT2D eigenvalue weighted by Crippen LogP contribution is -2.08. The van der Waals surface area contributed by atoms with Gasteiger partial charge in [-0.05, 0) is 23.8 Å². The van der Waals surface area contributed by atoms with Crippen molar-refractivity contribution < 1.29 is 19.1 Å². The van der Waals surface area contributed by atoms with E-state index in [4.69, 9.17) is 9.15 Å². The molecule has 128 valence electrons. The minimum absolute atomic E-state index is 0.0820. The van der Waals surface area contributed by atoms with Crippen LogP contribution < -0.4 is 5.43 Å². The largest absolute Gasteiger partial charge is 0.506 e. The smallest absolute Gasteiger partial charge is 0.341 e. The monoisotopic (exact) mass is 346 g/mol. The molecule has 1 N–H and O–H groups in total. The van der Waals surface area contributed by atoms with Crippen LogP contribution in [0.1, 0.15) is 10.4 Å². The highest BCUT2D eigenvalue weighted by atomic mass is 16.5. The minimum atomic E-state index is -0.728. The van der Waals surface area contributed by atoms with Crippen molar-refractivity contribution in [3.05, 3.63) is 76.5 Å². The molecular weight excluding hydrogens is 332 g/mol. The van der Waals surface area contributed by atoms with Gasteiger partial charge >= 0.3 is 5.97 Å². The number of carbonyl (C=O) groups is 1. The van der Waals surface area contributed by atoms with Crippen molar-refractivity contribution in [1.29, 1.82) is 0 Å². The summed E-state index contributed by atoms with van der Waals surface area (Å²) >= 11 is 0. The second kappa shape index (κ2) is 6.04. The van der Waals surface area contributed by atoms with Gasteiger partial charge in [0.2, 0.25) is 5.43 Å². The number of esters is 1. The molecule has 0 unspecified atom stereocenters. The Morgan fingerprint density at radius 3 is 2.42 bits per heavy atom. The molecule has 4 aromatic rings. The molecule has 0 aliphatic heterocycles. The standard InChI is InChI=1S/C21H14O5/c1-25-21(24)15-11-14-18(22)13-9-5-6-10-16(13)26-20(14)17(19(15)23)12-7-3-2-4-8-12/h2-11,23H,1H3. The Morgan fingerprint density at radius 2 is 1.69 bits per heavy atom. The highest BCUT2D eigenvalue weighted by Crippen LogP contribution is 2.39. The van der Waals surface area contributed by atoms with Crippen LogP contribution in [0, 0.1) is 0 Å². The van der Waals surface area contributed by atoms with Gasteiger partial charge in [0, 0.05) is 0 Å². The van der Waals surface area contributed by atoms with Gasteiger partial charge in [-0.1, -0.05) is 42.5 Å². The van der Waals surface area contributed by atoms with Crippen molar-refractivity contribution in [1.82, 2.24) is 0 Å². The van der Waals surface area contributed by atoms with Gasteiger partial charge in [-0.15, -0.1) is 0 Å². The average molecular weight is 346 g/mol. The lowest BCUT2D eigenvalue weighted by atomic mass is 9.97. The van der Waals surface area contributed by atoms with Crippen molar-refractivity contribution in [2.24, 2.45) is 0 Å². The number of methoxy groups -OCH3 is 1. The maximum atomic E-state index is 13.0. The number of rotatable bonds is 2. The van der Waals surface area contributed by atoms with Crippen LogP contribution in [-0.4, -0.2) is 18.2 Å². The summed E-state index contributed by atoms with van der Waals surface area (Å²) in [6.45, 7) is 0. The lowest BCUT2D eigenvalue weighted by Gasteiger charge is -2.12. The molecule has 0 amide bonds. The molecule has 0 spiro atoms. The zero-order valence-corrected chi connectivity index (χ0v) is 13.9. The first-order chi connectivity index (χ1) is 12.6. The third-order valence-electron chi connectivity index (χ3n) is 4.31. The van der Waals surface area contributed by atoms with Crippen LogP contribution in [0.25, 0.3) is 33.1 Å². The van der Waals surface area contributed by atoms with E-state index in [1.54, 1.807) is 48.5 Å². The molecule has 0 bridgehead atoms. The van der Waals surface area contributed by atoms with Crippen molar-refractivity contribution in [2.75, 3.05) is 7.11 Å². The van der Waals surface area contributed by atoms with Gasteiger partial charge in [-0.25, -0.2) is 4.79 Å². The number of benzene rings is 3. The Hall–Kier alpha value is -3.60. The van der Waals surface area contributed by atoms with E-state index < -0.39 is 5.97 Å². The van der Waals surface area contributed by atoms with Crippen molar-refractivity contribution in [3.63, 3.8) is 0 Å². The SMILES string of the molecule is COC(=O)c1cc2c(=O)c3ccccc3oc2c(-c2ccccc2)c1O. The lowest BCUT2D eigenvalue weighted by molar-refractivity contribution is 0.0598. The first kappa shape index (κ1) is 15.9. The van der Waals surface area contributed by atoms with E-state index in [2.05, 4.69) is 0 Å². The molecule has 1 aromatic heterocycles. The summed E-state index contributed by atoms with van der Waals surface area (Å²) in [6, 6.07) is 17.1. The fourth-order valence-corrected chi connectivity index (χ4v) is 3.07. The van der Waals surface area contributed by atoms with Gasteiger partial charge in [0.15, 0.2) is 0 Å². The summed E-state index contributed by atoms with van der Waals surface area (Å²) in [6.07, 6.45) is 0. The number of ether oxygens (including phenoxy) is 1. The normalized spacial score (nSPS) is 11.0.